The van der Waals surface area contributed by atoms with Gasteiger partial charge in [-0.1, -0.05) is 27.7 Å². The second kappa shape index (κ2) is 4.66. The Bertz CT molecular complexity index is 269. The summed E-state index contributed by atoms with van der Waals surface area (Å²) in [5, 5.41) is 18.1. The van der Waals surface area contributed by atoms with E-state index in [-0.39, 0.29) is 29.0 Å². The lowest BCUT2D eigenvalue weighted by molar-refractivity contribution is -0.118. The molecule has 0 amide bonds. The lowest BCUT2D eigenvalue weighted by Gasteiger charge is -2.08. The number of rotatable bonds is 3. The number of hydrogen-bond acceptors (Lipinski definition) is 3. The molecule has 0 aliphatic rings. The fourth-order valence-electron chi connectivity index (χ4n) is 0.816. The Balaban J connectivity index is 5.03. The van der Waals surface area contributed by atoms with Crippen LogP contribution in [0.5, 0.6) is 0 Å². The van der Waals surface area contributed by atoms with Crippen molar-refractivity contribution < 1.29 is 9.90 Å². The largest absolute Gasteiger partial charge is 0.511 e. The normalized spacial score (nSPS) is 12.7. The maximum absolute atomic E-state index is 11.4. The van der Waals surface area contributed by atoms with Gasteiger partial charge in [-0.05, 0) is 0 Å². The van der Waals surface area contributed by atoms with Crippen molar-refractivity contribution in [2.24, 2.45) is 11.8 Å². The van der Waals surface area contributed by atoms with Gasteiger partial charge in [-0.25, -0.2) is 0 Å². The summed E-state index contributed by atoms with van der Waals surface area (Å²) in [6.07, 6.45) is 0. The smallest absolute Gasteiger partial charge is 0.179 e. The average Bonchev–Trinajstić information content (AvgIpc) is 2.04. The van der Waals surface area contributed by atoms with Crippen molar-refractivity contribution in [1.82, 2.24) is 0 Å². The average molecular weight is 181 g/mol. The van der Waals surface area contributed by atoms with Gasteiger partial charge >= 0.3 is 0 Å². The van der Waals surface area contributed by atoms with Crippen molar-refractivity contribution in [1.29, 1.82) is 5.26 Å². The molecule has 13 heavy (non-hydrogen) atoms. The number of allylic oxidation sites excluding steroid dienone is 2. The molecular formula is C10H15NO2. The first-order valence-corrected chi connectivity index (χ1v) is 4.29. The van der Waals surface area contributed by atoms with Crippen LogP contribution in [-0.2, 0) is 4.79 Å². The second-order valence-corrected chi connectivity index (χ2v) is 3.55. The van der Waals surface area contributed by atoms with E-state index in [4.69, 9.17) is 5.26 Å². The molecule has 3 heteroatoms. The van der Waals surface area contributed by atoms with Crippen LogP contribution < -0.4 is 0 Å². The van der Waals surface area contributed by atoms with E-state index < -0.39 is 0 Å². The van der Waals surface area contributed by atoms with Gasteiger partial charge in [0, 0.05) is 11.8 Å². The number of aliphatic hydroxyl groups is 1. The Labute approximate surface area is 78.7 Å². The van der Waals surface area contributed by atoms with E-state index in [0.717, 1.165) is 0 Å². The van der Waals surface area contributed by atoms with Crippen molar-refractivity contribution in [3.63, 3.8) is 0 Å². The third-order valence-electron chi connectivity index (χ3n) is 1.69. The van der Waals surface area contributed by atoms with Crippen LogP contribution in [0.25, 0.3) is 0 Å². The van der Waals surface area contributed by atoms with E-state index in [2.05, 4.69) is 0 Å². The van der Waals surface area contributed by atoms with Gasteiger partial charge in [0.25, 0.3) is 0 Å². The highest BCUT2D eigenvalue weighted by atomic mass is 16.3. The van der Waals surface area contributed by atoms with Crippen LogP contribution in [-0.4, -0.2) is 10.9 Å². The molecule has 72 valence electrons. The maximum Gasteiger partial charge on any atom is 0.179 e. The summed E-state index contributed by atoms with van der Waals surface area (Å²) >= 11 is 0. The Morgan fingerprint density at radius 1 is 1.23 bits per heavy atom. The molecule has 0 fully saturated rings. The van der Waals surface area contributed by atoms with E-state index in [1.807, 2.05) is 0 Å². The van der Waals surface area contributed by atoms with Crippen LogP contribution in [0.2, 0.25) is 0 Å². The number of hydrogen-bond donors (Lipinski definition) is 1. The molecule has 0 unspecified atom stereocenters. The van der Waals surface area contributed by atoms with Crippen molar-refractivity contribution in [2.75, 3.05) is 0 Å². The highest BCUT2D eigenvalue weighted by Crippen LogP contribution is 2.15. The minimum Gasteiger partial charge on any atom is -0.511 e. The number of carbonyl (C=O) groups excluding carboxylic acids is 1. The van der Waals surface area contributed by atoms with Crippen LogP contribution >= 0.6 is 0 Å². The van der Waals surface area contributed by atoms with E-state index in [9.17, 15) is 9.90 Å². The predicted octanol–water partition coefficient (Wildman–Crippen LogP) is 2.20. The molecule has 0 aromatic carbocycles. The third-order valence-corrected chi connectivity index (χ3v) is 1.69. The number of carbonyl (C=O) groups is 1. The van der Waals surface area contributed by atoms with E-state index in [1.165, 1.54) is 0 Å². The fraction of sp³-hybridized carbons (Fsp3) is 0.600. The van der Waals surface area contributed by atoms with Gasteiger partial charge in [-0.2, -0.15) is 5.26 Å². The first-order chi connectivity index (χ1) is 5.91. The van der Waals surface area contributed by atoms with Crippen molar-refractivity contribution in [3.05, 3.63) is 11.3 Å². The summed E-state index contributed by atoms with van der Waals surface area (Å²) < 4.78 is 0. The zero-order valence-electron chi connectivity index (χ0n) is 8.46. The summed E-state index contributed by atoms with van der Waals surface area (Å²) in [5.41, 5.74) is -0.106. The zero-order valence-corrected chi connectivity index (χ0v) is 8.46. The fourth-order valence-corrected chi connectivity index (χ4v) is 0.816. The van der Waals surface area contributed by atoms with Gasteiger partial charge < -0.3 is 5.11 Å². The molecule has 1 N–H and O–H groups in total. The van der Waals surface area contributed by atoms with Gasteiger partial charge in [0.05, 0.1) is 0 Å². The molecule has 0 spiro atoms. The molecule has 0 saturated carbocycles. The number of ketones is 1. The first-order valence-electron chi connectivity index (χ1n) is 4.29. The van der Waals surface area contributed by atoms with E-state index in [1.54, 1.807) is 33.8 Å². The monoisotopic (exact) mass is 181 g/mol. The maximum atomic E-state index is 11.4. The molecule has 0 atom stereocenters. The molecular weight excluding hydrogens is 166 g/mol. The summed E-state index contributed by atoms with van der Waals surface area (Å²) in [6, 6.07) is 1.74. The summed E-state index contributed by atoms with van der Waals surface area (Å²) in [5.74, 6) is -0.845. The zero-order chi connectivity index (χ0) is 10.6. The van der Waals surface area contributed by atoms with Crippen LogP contribution in [0, 0.1) is 23.2 Å². The van der Waals surface area contributed by atoms with Crippen LogP contribution in [0.15, 0.2) is 11.3 Å². The number of nitriles is 1. The van der Waals surface area contributed by atoms with Crippen molar-refractivity contribution in [3.8, 4) is 6.07 Å². The van der Waals surface area contributed by atoms with Gasteiger partial charge in [-0.3, -0.25) is 4.79 Å². The quantitative estimate of drug-likeness (QED) is 0.412. The molecule has 0 aliphatic carbocycles. The van der Waals surface area contributed by atoms with Gasteiger partial charge in [0.2, 0.25) is 0 Å². The molecule has 0 aliphatic heterocycles. The van der Waals surface area contributed by atoms with Crippen LogP contribution in [0.4, 0.5) is 0 Å². The minimum absolute atomic E-state index is 0.106. The Hall–Kier alpha value is -1.30. The lowest BCUT2D eigenvalue weighted by atomic mass is 9.97. The minimum atomic E-state index is -0.297. The summed E-state index contributed by atoms with van der Waals surface area (Å²) in [6.45, 7) is 6.88. The topological polar surface area (TPSA) is 61.1 Å². The highest BCUT2D eigenvalue weighted by molar-refractivity contribution is 6.00. The summed E-state index contributed by atoms with van der Waals surface area (Å²) in [4.78, 5) is 11.4. The van der Waals surface area contributed by atoms with Gasteiger partial charge in [0.1, 0.15) is 17.4 Å². The molecule has 0 radical (unpaired) electrons. The first kappa shape index (κ1) is 11.7. The predicted molar refractivity (Wildman–Crippen MR) is 50.0 cm³/mol. The standard InChI is InChI=1S/C10H15NO2/c1-6(2)9(12)8(5-11)10(13)7(3)4/h6-7,12H,1-4H3/b9-8-. The van der Waals surface area contributed by atoms with E-state index in [0.29, 0.717) is 0 Å². The molecule has 0 saturated heterocycles. The van der Waals surface area contributed by atoms with E-state index >= 15 is 0 Å². The van der Waals surface area contributed by atoms with Crippen LogP contribution in [0.1, 0.15) is 27.7 Å². The van der Waals surface area contributed by atoms with Gasteiger partial charge in [0.15, 0.2) is 5.78 Å². The SMILES string of the molecule is CC(C)C(=O)/C(C#N)=C(\O)C(C)C. The molecule has 0 rings (SSSR count). The van der Waals surface area contributed by atoms with Gasteiger partial charge in [-0.15, -0.1) is 0 Å². The number of aliphatic hydroxyl groups excluding tert-OH is 1. The molecule has 0 bridgehead atoms. The van der Waals surface area contributed by atoms with Crippen molar-refractivity contribution in [2.45, 2.75) is 27.7 Å². The lowest BCUT2D eigenvalue weighted by Crippen LogP contribution is -2.13. The Morgan fingerprint density at radius 3 is 1.92 bits per heavy atom. The molecule has 0 heterocycles. The van der Waals surface area contributed by atoms with Crippen molar-refractivity contribution >= 4 is 5.78 Å². The second-order valence-electron chi connectivity index (χ2n) is 3.55. The Kier molecular flexibility index (Phi) is 4.19. The summed E-state index contributed by atoms with van der Waals surface area (Å²) in [7, 11) is 0. The Morgan fingerprint density at radius 2 is 1.69 bits per heavy atom. The number of nitrogens with zero attached hydrogens (tertiary/aromatic N) is 1. The molecule has 3 nitrogen and oxygen atoms in total. The third kappa shape index (κ3) is 2.90. The molecule has 0 aromatic heterocycles. The highest BCUT2D eigenvalue weighted by Gasteiger charge is 2.19. The molecule has 0 aromatic rings. The number of Topliss-reactive ketones (excluding diaryl/α,β-unsaturated/α-hetero) is 1. The van der Waals surface area contributed by atoms with Crippen LogP contribution in [0.3, 0.4) is 0 Å².